The number of rotatable bonds is 7. The molecule has 2 aliphatic carbocycles. The van der Waals surface area contributed by atoms with E-state index in [9.17, 15) is 14.4 Å². The topological polar surface area (TPSA) is 113 Å². The van der Waals surface area contributed by atoms with Crippen molar-refractivity contribution < 1.29 is 19.5 Å². The third-order valence-electron chi connectivity index (χ3n) is 3.40. The number of primary amides is 1. The zero-order chi connectivity index (χ0) is 14.0. The van der Waals surface area contributed by atoms with Gasteiger partial charge in [-0.1, -0.05) is 0 Å². The van der Waals surface area contributed by atoms with Gasteiger partial charge >= 0.3 is 12.0 Å². The predicted octanol–water partition coefficient (Wildman–Crippen LogP) is -0.101. The molecule has 0 aromatic carbocycles. The number of urea groups is 1. The van der Waals surface area contributed by atoms with E-state index < -0.39 is 23.9 Å². The van der Waals surface area contributed by atoms with Gasteiger partial charge in [0.15, 0.2) is 0 Å². The summed E-state index contributed by atoms with van der Waals surface area (Å²) in [5.74, 6) is -1.44. The molecule has 0 unspecified atom stereocenters. The average Bonchev–Trinajstić information content (AvgIpc) is 3.16. The summed E-state index contributed by atoms with van der Waals surface area (Å²) in [7, 11) is 0. The zero-order valence-corrected chi connectivity index (χ0v) is 10.7. The highest BCUT2D eigenvalue weighted by Crippen LogP contribution is 2.34. The Balaban J connectivity index is 1.91. The predicted molar refractivity (Wildman–Crippen MR) is 66.2 cm³/mol. The van der Waals surface area contributed by atoms with E-state index in [-0.39, 0.29) is 12.5 Å². The van der Waals surface area contributed by atoms with Crippen LogP contribution in [0.15, 0.2) is 0 Å². The lowest BCUT2D eigenvalue weighted by Crippen LogP contribution is -2.50. The van der Waals surface area contributed by atoms with Crippen molar-refractivity contribution >= 4 is 17.9 Å². The molecule has 2 fully saturated rings. The van der Waals surface area contributed by atoms with Crippen molar-refractivity contribution in [2.24, 2.45) is 11.7 Å². The second-order valence-corrected chi connectivity index (χ2v) is 5.34. The van der Waals surface area contributed by atoms with E-state index in [0.717, 1.165) is 25.7 Å². The Labute approximate surface area is 111 Å². The highest BCUT2D eigenvalue weighted by atomic mass is 16.4. The van der Waals surface area contributed by atoms with Crippen LogP contribution < -0.4 is 11.1 Å². The summed E-state index contributed by atoms with van der Waals surface area (Å²) in [5.41, 5.74) is 4.98. The van der Waals surface area contributed by atoms with Crippen molar-refractivity contribution in [3.63, 3.8) is 0 Å². The van der Waals surface area contributed by atoms with E-state index in [1.165, 1.54) is 0 Å². The Bertz CT molecular complexity index is 390. The van der Waals surface area contributed by atoms with Crippen molar-refractivity contribution in [2.75, 3.05) is 6.54 Å². The van der Waals surface area contributed by atoms with Crippen molar-refractivity contribution in [1.82, 2.24) is 10.2 Å². The third kappa shape index (κ3) is 4.11. The molecule has 2 aliphatic rings. The van der Waals surface area contributed by atoms with Crippen LogP contribution in [-0.2, 0) is 9.59 Å². The highest BCUT2D eigenvalue weighted by molar-refractivity contribution is 5.87. The molecule has 0 aromatic rings. The molecule has 0 aliphatic heterocycles. The van der Waals surface area contributed by atoms with Crippen LogP contribution in [0.4, 0.5) is 4.79 Å². The van der Waals surface area contributed by atoms with Crippen LogP contribution in [0.1, 0.15) is 32.1 Å². The van der Waals surface area contributed by atoms with Crippen LogP contribution >= 0.6 is 0 Å². The number of carboxylic acid groups (broad SMARTS) is 1. The van der Waals surface area contributed by atoms with Crippen LogP contribution in [-0.4, -0.2) is 46.5 Å². The number of carboxylic acids is 1. The minimum Gasteiger partial charge on any atom is -0.480 e. The lowest BCUT2D eigenvalue weighted by atomic mass is 10.2. The van der Waals surface area contributed by atoms with Gasteiger partial charge in [-0.3, -0.25) is 4.79 Å². The number of hydrogen-bond donors (Lipinski definition) is 3. The lowest BCUT2D eigenvalue weighted by Gasteiger charge is -2.24. The van der Waals surface area contributed by atoms with Gasteiger partial charge in [0.05, 0.1) is 6.42 Å². The Morgan fingerprint density at radius 3 is 2.32 bits per heavy atom. The van der Waals surface area contributed by atoms with Crippen molar-refractivity contribution in [2.45, 2.75) is 44.2 Å². The molecule has 7 heteroatoms. The van der Waals surface area contributed by atoms with Crippen molar-refractivity contribution in [1.29, 1.82) is 0 Å². The molecular weight excluding hydrogens is 250 g/mol. The molecule has 0 radical (unpaired) electrons. The number of aliphatic carboxylic acids is 1. The maximum absolute atomic E-state index is 12.1. The van der Waals surface area contributed by atoms with Crippen LogP contribution in [0.5, 0.6) is 0 Å². The summed E-state index contributed by atoms with van der Waals surface area (Å²) in [6.07, 6.45) is 3.80. The van der Waals surface area contributed by atoms with Crippen molar-refractivity contribution in [3.8, 4) is 0 Å². The minimum atomic E-state index is -1.24. The summed E-state index contributed by atoms with van der Waals surface area (Å²) in [6, 6.07) is -1.42. The summed E-state index contributed by atoms with van der Waals surface area (Å²) in [4.78, 5) is 35.6. The molecule has 2 saturated carbocycles. The molecule has 0 saturated heterocycles. The summed E-state index contributed by atoms with van der Waals surface area (Å²) >= 11 is 0. The van der Waals surface area contributed by atoms with Gasteiger partial charge in [0.1, 0.15) is 6.04 Å². The molecule has 0 heterocycles. The van der Waals surface area contributed by atoms with E-state index in [0.29, 0.717) is 12.5 Å². The van der Waals surface area contributed by atoms with Crippen LogP contribution in [0.2, 0.25) is 0 Å². The summed E-state index contributed by atoms with van der Waals surface area (Å²) in [6.45, 7) is 0.680. The number of nitrogens with zero attached hydrogens (tertiary/aromatic N) is 1. The quantitative estimate of drug-likeness (QED) is 0.599. The molecule has 1 atom stereocenters. The SMILES string of the molecule is NC(=O)C[C@H](NC(=O)N(CC1CC1)C1CC1)C(=O)O. The largest absolute Gasteiger partial charge is 0.480 e. The molecule has 7 nitrogen and oxygen atoms in total. The first-order chi connectivity index (χ1) is 8.97. The molecular formula is C12H19N3O4. The first-order valence-electron chi connectivity index (χ1n) is 6.55. The molecule has 4 N–H and O–H groups in total. The molecule has 0 aromatic heterocycles. The van der Waals surface area contributed by atoms with Gasteiger partial charge in [-0.2, -0.15) is 0 Å². The first kappa shape index (κ1) is 13.6. The second-order valence-electron chi connectivity index (χ2n) is 5.34. The molecule has 19 heavy (non-hydrogen) atoms. The van der Waals surface area contributed by atoms with Gasteiger partial charge < -0.3 is 21.1 Å². The highest BCUT2D eigenvalue weighted by Gasteiger charge is 2.37. The summed E-state index contributed by atoms with van der Waals surface area (Å²) < 4.78 is 0. The van der Waals surface area contributed by atoms with E-state index >= 15 is 0 Å². The Kier molecular flexibility index (Phi) is 3.92. The maximum Gasteiger partial charge on any atom is 0.326 e. The Morgan fingerprint density at radius 1 is 1.26 bits per heavy atom. The lowest BCUT2D eigenvalue weighted by molar-refractivity contribution is -0.141. The van der Waals surface area contributed by atoms with Gasteiger partial charge in [0, 0.05) is 12.6 Å². The van der Waals surface area contributed by atoms with E-state index in [4.69, 9.17) is 10.8 Å². The van der Waals surface area contributed by atoms with E-state index in [1.54, 1.807) is 4.90 Å². The monoisotopic (exact) mass is 269 g/mol. The first-order valence-corrected chi connectivity index (χ1v) is 6.55. The fourth-order valence-corrected chi connectivity index (χ4v) is 2.00. The molecule has 3 amide bonds. The number of nitrogens with two attached hydrogens (primary N) is 1. The van der Waals surface area contributed by atoms with Crippen LogP contribution in [0.3, 0.4) is 0 Å². The van der Waals surface area contributed by atoms with Gasteiger partial charge in [0.25, 0.3) is 0 Å². The molecule has 106 valence electrons. The van der Waals surface area contributed by atoms with Crippen LogP contribution in [0.25, 0.3) is 0 Å². The standard InChI is InChI=1S/C12H19N3O4/c13-10(16)5-9(11(17)18)14-12(19)15(8-3-4-8)6-7-1-2-7/h7-9H,1-6H2,(H2,13,16)(H,14,19)(H,17,18)/t9-/m0/s1. The van der Waals surface area contributed by atoms with Crippen LogP contribution in [0, 0.1) is 5.92 Å². The minimum absolute atomic E-state index is 0.226. The Hall–Kier alpha value is -1.79. The second kappa shape index (κ2) is 5.46. The number of hydrogen-bond acceptors (Lipinski definition) is 3. The van der Waals surface area contributed by atoms with Gasteiger partial charge in [-0.15, -0.1) is 0 Å². The molecule has 2 rings (SSSR count). The van der Waals surface area contributed by atoms with Gasteiger partial charge in [-0.05, 0) is 31.6 Å². The average molecular weight is 269 g/mol. The smallest absolute Gasteiger partial charge is 0.326 e. The van der Waals surface area contributed by atoms with E-state index in [2.05, 4.69) is 5.32 Å². The van der Waals surface area contributed by atoms with Crippen molar-refractivity contribution in [3.05, 3.63) is 0 Å². The number of nitrogens with one attached hydrogen (secondary N) is 1. The van der Waals surface area contributed by atoms with Gasteiger partial charge in [0.2, 0.25) is 5.91 Å². The zero-order valence-electron chi connectivity index (χ0n) is 10.7. The summed E-state index contributed by atoms with van der Waals surface area (Å²) in [5, 5.41) is 11.3. The number of carbonyl (C=O) groups excluding carboxylic acids is 2. The number of amides is 3. The third-order valence-corrected chi connectivity index (χ3v) is 3.40. The van der Waals surface area contributed by atoms with E-state index in [1.807, 2.05) is 0 Å². The Morgan fingerprint density at radius 2 is 1.89 bits per heavy atom. The number of carbonyl (C=O) groups is 3. The fourth-order valence-electron chi connectivity index (χ4n) is 2.00. The normalized spacial score (nSPS) is 19.6. The maximum atomic E-state index is 12.1. The molecule has 0 spiro atoms. The molecule has 0 bridgehead atoms. The fraction of sp³-hybridized carbons (Fsp3) is 0.750. The van der Waals surface area contributed by atoms with Gasteiger partial charge in [-0.25, -0.2) is 9.59 Å².